The van der Waals surface area contributed by atoms with Crippen molar-refractivity contribution in [3.05, 3.63) is 56.5 Å². The molecule has 1 amide bonds. The Morgan fingerprint density at radius 2 is 1.75 bits per heavy atom. The molecule has 0 spiro atoms. The minimum atomic E-state index is -0.348. The highest BCUT2D eigenvalue weighted by atomic mass is 35.5. The largest absolute Gasteiger partial charge is 0.350 e. The average Bonchev–Trinajstić information content (AvgIpc) is 2.52. The van der Waals surface area contributed by atoms with Gasteiger partial charge in [-0.3, -0.25) is 4.79 Å². The molecule has 7 heteroatoms. The number of hydrogen-bond acceptors (Lipinski definition) is 3. The van der Waals surface area contributed by atoms with Crippen LogP contribution in [0.5, 0.6) is 0 Å². The summed E-state index contributed by atoms with van der Waals surface area (Å²) < 4.78 is 0. The van der Waals surface area contributed by atoms with E-state index in [-0.39, 0.29) is 28.5 Å². The smallest absolute Gasteiger partial charge is 0.271 e. The first-order valence-corrected chi connectivity index (χ1v) is 8.69. The summed E-state index contributed by atoms with van der Waals surface area (Å²) in [5.41, 5.74) is 0.977. The molecular weight excluding hydrogens is 369 g/mol. The highest BCUT2D eigenvalue weighted by molar-refractivity contribution is 6.36. The van der Waals surface area contributed by atoms with Crippen molar-refractivity contribution in [3.8, 4) is 0 Å². The average molecular weight is 387 g/mol. The first-order valence-electron chi connectivity index (χ1n) is 7.55. The summed E-state index contributed by atoms with van der Waals surface area (Å²) in [6, 6.07) is 5.34. The molecule has 0 saturated carbocycles. The highest BCUT2D eigenvalue weighted by Crippen LogP contribution is 2.31. The summed E-state index contributed by atoms with van der Waals surface area (Å²) in [4.78, 5) is 20.8. The van der Waals surface area contributed by atoms with Gasteiger partial charge in [-0.15, -0.1) is 0 Å². The molecule has 0 unspecified atom stereocenters. The highest BCUT2D eigenvalue weighted by Gasteiger charge is 2.18. The second kappa shape index (κ2) is 8.15. The third-order valence-corrected chi connectivity index (χ3v) is 4.49. The van der Waals surface area contributed by atoms with Crippen LogP contribution in [0.1, 0.15) is 54.5 Å². The van der Waals surface area contributed by atoms with Gasteiger partial charge in [-0.05, 0) is 17.7 Å². The second-order valence-corrected chi connectivity index (χ2v) is 7.05. The molecule has 2 rings (SSSR count). The molecule has 24 heavy (non-hydrogen) atoms. The van der Waals surface area contributed by atoms with Crippen molar-refractivity contribution >= 4 is 40.7 Å². The van der Waals surface area contributed by atoms with Crippen LogP contribution < -0.4 is 5.32 Å². The van der Waals surface area contributed by atoms with Crippen LogP contribution in [-0.2, 0) is 0 Å². The Morgan fingerprint density at radius 3 is 2.33 bits per heavy atom. The molecule has 0 aliphatic rings. The third-order valence-electron chi connectivity index (χ3n) is 3.56. The Bertz CT molecular complexity index is 730. The van der Waals surface area contributed by atoms with Gasteiger partial charge < -0.3 is 5.32 Å². The van der Waals surface area contributed by atoms with E-state index in [2.05, 4.69) is 15.3 Å². The Kier molecular flexibility index (Phi) is 6.44. The molecule has 0 radical (unpaired) electrons. The number of nitrogens with zero attached hydrogens (tertiary/aromatic N) is 2. The zero-order chi connectivity index (χ0) is 17.9. The predicted molar refractivity (Wildman–Crippen MR) is 98.3 cm³/mol. The van der Waals surface area contributed by atoms with Gasteiger partial charge in [0.1, 0.15) is 11.5 Å². The summed E-state index contributed by atoms with van der Waals surface area (Å²) in [5, 5.41) is 4.20. The lowest BCUT2D eigenvalue weighted by Crippen LogP contribution is -2.29. The Morgan fingerprint density at radius 1 is 1.12 bits per heavy atom. The van der Waals surface area contributed by atoms with Crippen LogP contribution >= 0.6 is 34.8 Å². The number of benzene rings is 1. The van der Waals surface area contributed by atoms with Gasteiger partial charge in [0.05, 0.1) is 11.2 Å². The molecule has 1 aromatic carbocycles. The molecule has 0 fully saturated rings. The molecule has 1 atom stereocenters. The van der Waals surface area contributed by atoms with E-state index in [1.54, 1.807) is 18.2 Å². The van der Waals surface area contributed by atoms with E-state index in [1.807, 2.05) is 20.8 Å². The van der Waals surface area contributed by atoms with Gasteiger partial charge >= 0.3 is 0 Å². The lowest BCUT2D eigenvalue weighted by Gasteiger charge is -2.16. The van der Waals surface area contributed by atoms with E-state index < -0.39 is 0 Å². The summed E-state index contributed by atoms with van der Waals surface area (Å²) in [6.07, 6.45) is 1.45. The van der Waals surface area contributed by atoms with Crippen LogP contribution in [0.2, 0.25) is 15.1 Å². The maximum atomic E-state index is 12.4. The number of nitrogens with one attached hydrogen (secondary N) is 1. The van der Waals surface area contributed by atoms with Gasteiger partial charge in [-0.25, -0.2) is 9.97 Å². The molecule has 0 bridgehead atoms. The normalized spacial score (nSPS) is 12.3. The molecule has 1 aromatic heterocycles. The lowest BCUT2D eigenvalue weighted by atomic mass is 10.0. The fourth-order valence-electron chi connectivity index (χ4n) is 2.23. The molecule has 0 aliphatic heterocycles. The predicted octanol–water partition coefficient (Wildman–Crippen LogP) is 5.09. The fourth-order valence-corrected chi connectivity index (χ4v) is 3.18. The molecular formula is C17H18Cl3N3O. The number of aromatic nitrogens is 2. The maximum Gasteiger partial charge on any atom is 0.271 e. The molecule has 0 aliphatic carbocycles. The van der Waals surface area contributed by atoms with Crippen molar-refractivity contribution in [1.82, 2.24) is 15.3 Å². The first kappa shape index (κ1) is 19.0. The van der Waals surface area contributed by atoms with E-state index >= 15 is 0 Å². The zero-order valence-electron chi connectivity index (χ0n) is 13.6. The monoisotopic (exact) mass is 385 g/mol. The third kappa shape index (κ3) is 4.38. The van der Waals surface area contributed by atoms with Crippen molar-refractivity contribution in [2.75, 3.05) is 6.54 Å². The topological polar surface area (TPSA) is 54.9 Å². The summed E-state index contributed by atoms with van der Waals surface area (Å²) in [6.45, 7) is 6.20. The number of hydrogen-bond donors (Lipinski definition) is 1. The van der Waals surface area contributed by atoms with Crippen LogP contribution in [-0.4, -0.2) is 22.4 Å². The second-order valence-electron chi connectivity index (χ2n) is 5.83. The summed E-state index contributed by atoms with van der Waals surface area (Å²) >= 11 is 18.4. The maximum absolute atomic E-state index is 12.4. The van der Waals surface area contributed by atoms with Gasteiger partial charge in [0.2, 0.25) is 0 Å². The van der Waals surface area contributed by atoms with Crippen LogP contribution in [0.4, 0.5) is 0 Å². The van der Waals surface area contributed by atoms with Crippen LogP contribution in [0.15, 0.2) is 24.4 Å². The van der Waals surface area contributed by atoms with Crippen molar-refractivity contribution in [3.63, 3.8) is 0 Å². The first-order chi connectivity index (χ1) is 11.3. The van der Waals surface area contributed by atoms with Crippen LogP contribution in [0, 0.1) is 0 Å². The van der Waals surface area contributed by atoms with Gasteiger partial charge in [0.25, 0.3) is 5.91 Å². The molecule has 2 aromatic rings. The van der Waals surface area contributed by atoms with E-state index in [0.29, 0.717) is 22.4 Å². The molecule has 0 saturated heterocycles. The van der Waals surface area contributed by atoms with Crippen molar-refractivity contribution in [1.29, 1.82) is 0 Å². The Balaban J connectivity index is 2.12. The summed E-state index contributed by atoms with van der Waals surface area (Å²) in [7, 11) is 0. The minimum Gasteiger partial charge on any atom is -0.350 e. The molecule has 128 valence electrons. The number of halogens is 3. The fraction of sp³-hybridized carbons (Fsp3) is 0.353. The number of carbonyl (C=O) groups excluding carboxylic acids is 1. The van der Waals surface area contributed by atoms with Gasteiger partial charge in [-0.1, -0.05) is 61.6 Å². The van der Waals surface area contributed by atoms with E-state index in [4.69, 9.17) is 34.8 Å². The molecule has 1 N–H and O–H groups in total. The van der Waals surface area contributed by atoms with Crippen LogP contribution in [0.3, 0.4) is 0 Å². The zero-order valence-corrected chi connectivity index (χ0v) is 15.9. The SMILES string of the molecule is CC(C)c1ncc(Cl)c(C(=O)NC[C@@H](C)c2c(Cl)cccc2Cl)n1. The summed E-state index contributed by atoms with van der Waals surface area (Å²) in [5.74, 6) is 0.279. The van der Waals surface area contributed by atoms with Crippen molar-refractivity contribution in [2.45, 2.75) is 32.6 Å². The van der Waals surface area contributed by atoms with Crippen molar-refractivity contribution < 1.29 is 4.79 Å². The van der Waals surface area contributed by atoms with E-state index in [0.717, 1.165) is 5.56 Å². The van der Waals surface area contributed by atoms with E-state index in [9.17, 15) is 4.79 Å². The van der Waals surface area contributed by atoms with Crippen LogP contribution in [0.25, 0.3) is 0 Å². The minimum absolute atomic E-state index is 0.0552. The Hall–Kier alpha value is -1.36. The van der Waals surface area contributed by atoms with Gasteiger partial charge in [0.15, 0.2) is 0 Å². The van der Waals surface area contributed by atoms with Gasteiger partial charge in [0, 0.05) is 28.4 Å². The number of rotatable bonds is 5. The Labute approximate surface area is 156 Å². The number of carbonyl (C=O) groups is 1. The van der Waals surface area contributed by atoms with Gasteiger partial charge in [-0.2, -0.15) is 0 Å². The standard InChI is InChI=1S/C17H18Cl3N3O/c1-9(2)16-21-8-13(20)15(23-16)17(24)22-7-10(3)14-11(18)5-4-6-12(14)19/h4-6,8-10H,7H2,1-3H3,(H,22,24)/t10-/m1/s1. The number of amides is 1. The molecule has 4 nitrogen and oxygen atoms in total. The quantitative estimate of drug-likeness (QED) is 0.778. The lowest BCUT2D eigenvalue weighted by molar-refractivity contribution is 0.0946. The van der Waals surface area contributed by atoms with Crippen molar-refractivity contribution in [2.24, 2.45) is 0 Å². The molecule has 1 heterocycles. The van der Waals surface area contributed by atoms with E-state index in [1.165, 1.54) is 6.20 Å².